The number of fused-ring (bicyclic) bond motifs is 1. The lowest BCUT2D eigenvalue weighted by molar-refractivity contribution is -0.254. The summed E-state index contributed by atoms with van der Waals surface area (Å²) in [7, 11) is 0. The number of carbonyl (C=O) groups is 1. The Balaban J connectivity index is 1.92. The van der Waals surface area contributed by atoms with E-state index in [4.69, 9.17) is 4.74 Å². The number of nitrogens with zero attached hydrogens (tertiary/aromatic N) is 1. The van der Waals surface area contributed by atoms with Crippen molar-refractivity contribution < 1.29 is 14.6 Å². The molecule has 0 aliphatic heterocycles. The molecule has 0 unspecified atom stereocenters. The van der Waals surface area contributed by atoms with Crippen LogP contribution in [0.5, 0.6) is 5.75 Å². The lowest BCUT2D eigenvalue weighted by Crippen LogP contribution is -2.21. The van der Waals surface area contributed by atoms with Crippen LogP contribution in [0, 0.1) is 6.92 Å². The average molecular weight is 341 g/mol. The Morgan fingerprint density at radius 3 is 2.79 bits per heavy atom. The Bertz CT molecular complexity index is 889. The van der Waals surface area contributed by atoms with Crippen LogP contribution in [0.3, 0.4) is 0 Å². The maximum absolute atomic E-state index is 11.0. The molecule has 3 aromatic rings. The second-order valence-electron chi connectivity index (χ2n) is 5.27. The summed E-state index contributed by atoms with van der Waals surface area (Å²) in [6, 6.07) is 12.1. The number of rotatable bonds is 6. The summed E-state index contributed by atoms with van der Waals surface area (Å²) in [5.74, 6) is -0.379. The molecule has 0 atom stereocenters. The van der Waals surface area contributed by atoms with Gasteiger partial charge < -0.3 is 20.0 Å². The summed E-state index contributed by atoms with van der Waals surface area (Å²) < 4.78 is 5.74. The summed E-state index contributed by atoms with van der Waals surface area (Å²) in [5, 5.41) is 17.0. The molecule has 0 aliphatic carbocycles. The third-order valence-corrected chi connectivity index (χ3v) is 4.79. The number of carbonyl (C=O) groups excluding carboxylic acids is 1. The highest BCUT2D eigenvalue weighted by Gasteiger charge is 2.12. The van der Waals surface area contributed by atoms with Crippen LogP contribution in [0.2, 0.25) is 0 Å². The Labute approximate surface area is 143 Å². The van der Waals surface area contributed by atoms with E-state index in [0.717, 1.165) is 33.4 Å². The third-order valence-electron chi connectivity index (χ3n) is 3.70. The number of aryl methyl sites for hydroxylation is 1. The largest absolute Gasteiger partial charge is 0.544 e. The van der Waals surface area contributed by atoms with Crippen molar-refractivity contribution in [3.63, 3.8) is 0 Å². The summed E-state index contributed by atoms with van der Waals surface area (Å²) >= 11 is 1.09. The van der Waals surface area contributed by atoms with Crippen LogP contribution in [0.1, 0.15) is 27.9 Å². The second kappa shape index (κ2) is 6.88. The Morgan fingerprint density at radius 2 is 2.08 bits per heavy atom. The zero-order valence-corrected chi connectivity index (χ0v) is 14.3. The van der Waals surface area contributed by atoms with Crippen LogP contribution < -0.4 is 15.2 Å². The van der Waals surface area contributed by atoms with Crippen molar-refractivity contribution in [2.45, 2.75) is 20.4 Å². The van der Waals surface area contributed by atoms with Gasteiger partial charge in [0.1, 0.15) is 5.75 Å². The smallest absolute Gasteiger partial charge is 0.183 e. The monoisotopic (exact) mass is 341 g/mol. The maximum Gasteiger partial charge on any atom is 0.183 e. The van der Waals surface area contributed by atoms with Crippen molar-refractivity contribution in [1.29, 1.82) is 0 Å². The molecule has 0 saturated heterocycles. The minimum Gasteiger partial charge on any atom is -0.544 e. The standard InChI is InChI=1S/C18H18N2O3S/c1-3-23-15-9-8-12-6-4-5-7-13(12)14(15)10-19-18-20-11(2)16(24-18)17(21)22/h4-9H,3,10H2,1-2H3,(H,19,20)(H,21,22)/p-1. The maximum atomic E-state index is 11.0. The predicted octanol–water partition coefficient (Wildman–Crippen LogP) is 2.98. The average Bonchev–Trinajstić information content (AvgIpc) is 2.95. The van der Waals surface area contributed by atoms with E-state index in [1.165, 1.54) is 0 Å². The molecule has 0 aliphatic rings. The van der Waals surface area contributed by atoms with Crippen molar-refractivity contribution in [1.82, 2.24) is 4.98 Å². The Kier molecular flexibility index (Phi) is 4.66. The lowest BCUT2D eigenvalue weighted by Gasteiger charge is -2.14. The normalized spacial score (nSPS) is 10.8. The number of ether oxygens (including phenoxy) is 1. The molecule has 0 bridgehead atoms. The summed E-state index contributed by atoms with van der Waals surface area (Å²) in [6.45, 7) is 4.69. The number of anilines is 1. The summed E-state index contributed by atoms with van der Waals surface area (Å²) in [5.41, 5.74) is 1.49. The molecule has 2 aromatic carbocycles. The van der Waals surface area contributed by atoms with E-state index in [1.807, 2.05) is 31.2 Å². The molecule has 0 saturated carbocycles. The van der Waals surface area contributed by atoms with Gasteiger partial charge in [-0.05, 0) is 30.7 Å². The predicted molar refractivity (Wildman–Crippen MR) is 93.6 cm³/mol. The first-order chi connectivity index (χ1) is 11.6. The number of carboxylic acids is 1. The molecule has 1 heterocycles. The zero-order valence-electron chi connectivity index (χ0n) is 13.5. The van der Waals surface area contributed by atoms with Crippen molar-refractivity contribution in [2.75, 3.05) is 11.9 Å². The molecular weight excluding hydrogens is 324 g/mol. The van der Waals surface area contributed by atoms with Crippen molar-refractivity contribution in [2.24, 2.45) is 0 Å². The van der Waals surface area contributed by atoms with E-state index in [-0.39, 0.29) is 4.88 Å². The molecule has 0 amide bonds. The number of thiazole rings is 1. The van der Waals surface area contributed by atoms with Gasteiger partial charge in [-0.15, -0.1) is 0 Å². The van der Waals surface area contributed by atoms with Gasteiger partial charge in [0.05, 0.1) is 23.1 Å². The quantitative estimate of drug-likeness (QED) is 0.746. The number of aromatic carboxylic acids is 1. The van der Waals surface area contributed by atoms with Gasteiger partial charge in [-0.1, -0.05) is 41.7 Å². The molecule has 3 rings (SSSR count). The Morgan fingerprint density at radius 1 is 1.29 bits per heavy atom. The highest BCUT2D eigenvalue weighted by Crippen LogP contribution is 2.30. The topological polar surface area (TPSA) is 74.3 Å². The van der Waals surface area contributed by atoms with E-state index < -0.39 is 5.97 Å². The molecule has 24 heavy (non-hydrogen) atoms. The number of aromatic nitrogens is 1. The van der Waals surface area contributed by atoms with Crippen molar-refractivity contribution in [3.05, 3.63) is 52.5 Å². The molecule has 0 fully saturated rings. The first kappa shape index (κ1) is 16.3. The van der Waals surface area contributed by atoms with E-state index in [0.29, 0.717) is 24.0 Å². The Hall–Kier alpha value is -2.60. The lowest BCUT2D eigenvalue weighted by atomic mass is 10.0. The molecule has 1 N–H and O–H groups in total. The third kappa shape index (κ3) is 3.19. The van der Waals surface area contributed by atoms with Crippen molar-refractivity contribution in [3.8, 4) is 5.75 Å². The number of nitrogens with one attached hydrogen (secondary N) is 1. The highest BCUT2D eigenvalue weighted by molar-refractivity contribution is 7.17. The molecule has 5 nitrogen and oxygen atoms in total. The molecule has 0 spiro atoms. The number of benzene rings is 2. The van der Waals surface area contributed by atoms with Gasteiger partial charge in [0.2, 0.25) is 0 Å². The van der Waals surface area contributed by atoms with E-state index >= 15 is 0 Å². The fourth-order valence-corrected chi connectivity index (χ4v) is 3.41. The number of hydrogen-bond donors (Lipinski definition) is 1. The molecule has 0 radical (unpaired) electrons. The fourth-order valence-electron chi connectivity index (χ4n) is 2.61. The SMILES string of the molecule is CCOc1ccc2ccccc2c1CNc1nc(C)c(C(=O)[O-])s1. The van der Waals surface area contributed by atoms with Crippen LogP contribution in [0.25, 0.3) is 10.8 Å². The van der Waals surface area contributed by atoms with Gasteiger partial charge in [-0.25, -0.2) is 4.98 Å². The van der Waals surface area contributed by atoms with Gasteiger partial charge in [-0.2, -0.15) is 0 Å². The van der Waals surface area contributed by atoms with Crippen LogP contribution in [0.4, 0.5) is 5.13 Å². The molecule has 6 heteroatoms. The van der Waals surface area contributed by atoms with Gasteiger partial charge in [-0.3, -0.25) is 0 Å². The van der Waals surface area contributed by atoms with Crippen LogP contribution in [-0.2, 0) is 6.54 Å². The fraction of sp³-hybridized carbons (Fsp3) is 0.222. The highest BCUT2D eigenvalue weighted by atomic mass is 32.1. The first-order valence-corrected chi connectivity index (χ1v) is 8.48. The van der Waals surface area contributed by atoms with Crippen LogP contribution in [0.15, 0.2) is 36.4 Å². The molecular formula is C18H17N2O3S-. The number of hydrogen-bond acceptors (Lipinski definition) is 6. The summed E-state index contributed by atoms with van der Waals surface area (Å²) in [4.78, 5) is 15.4. The van der Waals surface area contributed by atoms with Crippen LogP contribution in [-0.4, -0.2) is 17.6 Å². The number of carboxylic acid groups (broad SMARTS) is 1. The van der Waals surface area contributed by atoms with E-state index in [1.54, 1.807) is 6.92 Å². The van der Waals surface area contributed by atoms with E-state index in [9.17, 15) is 9.90 Å². The zero-order chi connectivity index (χ0) is 17.1. The van der Waals surface area contributed by atoms with Crippen molar-refractivity contribution >= 4 is 33.2 Å². The van der Waals surface area contributed by atoms with Gasteiger partial charge in [0.15, 0.2) is 5.13 Å². The van der Waals surface area contributed by atoms with E-state index in [2.05, 4.69) is 22.4 Å². The molecule has 1 aromatic heterocycles. The van der Waals surface area contributed by atoms with Gasteiger partial charge in [0, 0.05) is 12.1 Å². The van der Waals surface area contributed by atoms with Gasteiger partial charge >= 0.3 is 0 Å². The van der Waals surface area contributed by atoms with Crippen LogP contribution >= 0.6 is 11.3 Å². The van der Waals surface area contributed by atoms with Gasteiger partial charge in [0.25, 0.3) is 0 Å². The minimum absolute atomic E-state index is 0.153. The molecule has 124 valence electrons. The second-order valence-corrected chi connectivity index (χ2v) is 6.27. The first-order valence-electron chi connectivity index (χ1n) is 7.66. The summed E-state index contributed by atoms with van der Waals surface area (Å²) in [6.07, 6.45) is 0. The minimum atomic E-state index is -1.20.